The number of hydrogen-bond acceptors (Lipinski definition) is 6. The molecule has 8 nitrogen and oxygen atoms in total. The van der Waals surface area contributed by atoms with E-state index in [-0.39, 0.29) is 17.5 Å². The Morgan fingerprint density at radius 1 is 1.45 bits per heavy atom. The fraction of sp³-hybridized carbons (Fsp3) is 0.333. The summed E-state index contributed by atoms with van der Waals surface area (Å²) in [4.78, 5) is 27.3. The third-order valence-electron chi connectivity index (χ3n) is 2.69. The monoisotopic (exact) mass is 275 g/mol. The Labute approximate surface area is 116 Å². The first-order valence-electron chi connectivity index (χ1n) is 6.20. The maximum Gasteiger partial charge on any atom is 0.272 e. The smallest absolute Gasteiger partial charge is 0.272 e. The van der Waals surface area contributed by atoms with Gasteiger partial charge in [0, 0.05) is 12.1 Å². The van der Waals surface area contributed by atoms with E-state index < -0.39 is 0 Å². The number of H-pyrrole nitrogens is 1. The van der Waals surface area contributed by atoms with Gasteiger partial charge in [-0.1, -0.05) is 13.8 Å². The number of anilines is 1. The molecular formula is C12H17N7O. The molecule has 2 rings (SSSR count). The van der Waals surface area contributed by atoms with Crippen LogP contribution in [0.2, 0.25) is 0 Å². The molecule has 0 aliphatic rings. The summed E-state index contributed by atoms with van der Waals surface area (Å²) in [6, 6.07) is 0. The van der Waals surface area contributed by atoms with E-state index in [1.165, 1.54) is 6.20 Å². The molecule has 0 aromatic carbocycles. The average molecular weight is 275 g/mol. The van der Waals surface area contributed by atoms with Gasteiger partial charge in [-0.2, -0.15) is 0 Å². The Kier molecular flexibility index (Phi) is 4.26. The molecule has 2 aromatic heterocycles. The fourth-order valence-corrected chi connectivity index (χ4v) is 1.59. The zero-order valence-corrected chi connectivity index (χ0v) is 11.3. The fourth-order valence-electron chi connectivity index (χ4n) is 1.59. The van der Waals surface area contributed by atoms with Crippen molar-refractivity contribution in [3.05, 3.63) is 35.9 Å². The van der Waals surface area contributed by atoms with Crippen LogP contribution in [0.25, 0.3) is 0 Å². The van der Waals surface area contributed by atoms with Crippen LogP contribution >= 0.6 is 0 Å². The van der Waals surface area contributed by atoms with E-state index in [4.69, 9.17) is 5.84 Å². The van der Waals surface area contributed by atoms with Gasteiger partial charge >= 0.3 is 0 Å². The number of aromatic amines is 1. The number of carbonyl (C=O) groups is 1. The van der Waals surface area contributed by atoms with Gasteiger partial charge in [-0.05, 0) is 0 Å². The van der Waals surface area contributed by atoms with Crippen molar-refractivity contribution in [2.24, 2.45) is 5.84 Å². The minimum atomic E-state index is -0.322. The van der Waals surface area contributed by atoms with Gasteiger partial charge in [-0.3, -0.25) is 10.6 Å². The molecule has 0 aliphatic carbocycles. The highest BCUT2D eigenvalue weighted by atomic mass is 16.1. The van der Waals surface area contributed by atoms with Crippen LogP contribution in [0.4, 0.5) is 5.69 Å². The van der Waals surface area contributed by atoms with E-state index in [2.05, 4.69) is 30.7 Å². The largest absolute Gasteiger partial charge is 0.347 e. The lowest BCUT2D eigenvalue weighted by Gasteiger charge is -2.11. The van der Waals surface area contributed by atoms with E-state index in [9.17, 15) is 4.79 Å². The lowest BCUT2D eigenvalue weighted by Crippen LogP contribution is -2.27. The minimum Gasteiger partial charge on any atom is -0.347 e. The van der Waals surface area contributed by atoms with Gasteiger partial charge in [0.2, 0.25) is 0 Å². The molecular weight excluding hydrogens is 258 g/mol. The molecule has 0 fully saturated rings. The van der Waals surface area contributed by atoms with Crippen LogP contribution in [0.5, 0.6) is 0 Å². The summed E-state index contributed by atoms with van der Waals surface area (Å²) in [5.74, 6) is 5.78. The maximum atomic E-state index is 12.2. The Morgan fingerprint density at radius 3 is 2.85 bits per heavy atom. The van der Waals surface area contributed by atoms with Crippen molar-refractivity contribution >= 4 is 11.6 Å². The number of rotatable bonds is 5. The van der Waals surface area contributed by atoms with Crippen LogP contribution in [-0.2, 0) is 6.54 Å². The molecule has 2 heterocycles. The van der Waals surface area contributed by atoms with Gasteiger partial charge in [-0.15, -0.1) is 0 Å². The summed E-state index contributed by atoms with van der Waals surface area (Å²) in [6.07, 6.45) is 4.70. The number of nitrogens with zero attached hydrogens (tertiary/aromatic N) is 3. The molecule has 106 valence electrons. The predicted molar refractivity (Wildman–Crippen MR) is 73.7 cm³/mol. The Hall–Kier alpha value is -2.48. The highest BCUT2D eigenvalue weighted by Gasteiger charge is 2.16. The van der Waals surface area contributed by atoms with Gasteiger partial charge in [0.05, 0.1) is 30.5 Å². The number of nitrogens with two attached hydrogens (primary N) is 1. The summed E-state index contributed by atoms with van der Waals surface area (Å²) < 4.78 is 0. The number of amides is 1. The topological polar surface area (TPSA) is 122 Å². The maximum absolute atomic E-state index is 12.2. The van der Waals surface area contributed by atoms with E-state index in [0.29, 0.717) is 18.1 Å². The van der Waals surface area contributed by atoms with Crippen LogP contribution in [0.3, 0.4) is 0 Å². The van der Waals surface area contributed by atoms with Crippen LogP contribution in [-0.4, -0.2) is 25.8 Å². The Balaban J connectivity index is 2.16. The Morgan fingerprint density at radius 2 is 2.25 bits per heavy atom. The van der Waals surface area contributed by atoms with E-state index in [0.717, 1.165) is 5.69 Å². The number of carbonyl (C=O) groups excluding carboxylic acids is 1. The summed E-state index contributed by atoms with van der Waals surface area (Å²) >= 11 is 0. The second kappa shape index (κ2) is 6.11. The summed E-state index contributed by atoms with van der Waals surface area (Å²) in [5, 5.41) is 2.75. The molecule has 0 saturated heterocycles. The zero-order chi connectivity index (χ0) is 14.5. The zero-order valence-electron chi connectivity index (χ0n) is 11.3. The lowest BCUT2D eigenvalue weighted by molar-refractivity contribution is 0.0946. The Bertz CT molecular complexity index is 579. The second-order valence-corrected chi connectivity index (χ2v) is 4.55. The van der Waals surface area contributed by atoms with Crippen molar-refractivity contribution in [3.63, 3.8) is 0 Å². The first-order chi connectivity index (χ1) is 9.61. The van der Waals surface area contributed by atoms with Crippen molar-refractivity contribution in [2.75, 3.05) is 5.43 Å². The molecule has 2 aromatic rings. The third kappa shape index (κ3) is 3.09. The first-order valence-corrected chi connectivity index (χ1v) is 6.20. The molecule has 0 bridgehead atoms. The van der Waals surface area contributed by atoms with E-state index in [1.54, 1.807) is 12.5 Å². The normalized spacial score (nSPS) is 10.6. The quantitative estimate of drug-likeness (QED) is 0.466. The minimum absolute atomic E-state index is 0.126. The lowest BCUT2D eigenvalue weighted by atomic mass is 10.2. The molecule has 8 heteroatoms. The summed E-state index contributed by atoms with van der Waals surface area (Å²) in [7, 11) is 0. The number of hydrogen-bond donors (Lipinski definition) is 4. The van der Waals surface area contributed by atoms with Crippen molar-refractivity contribution < 1.29 is 4.79 Å². The van der Waals surface area contributed by atoms with Crippen LogP contribution in [0.1, 0.15) is 41.8 Å². The van der Waals surface area contributed by atoms with Crippen molar-refractivity contribution in [2.45, 2.75) is 26.3 Å². The van der Waals surface area contributed by atoms with Crippen molar-refractivity contribution in [1.29, 1.82) is 0 Å². The van der Waals surface area contributed by atoms with Crippen LogP contribution in [0, 0.1) is 0 Å². The third-order valence-corrected chi connectivity index (χ3v) is 2.69. The predicted octanol–water partition coefficient (Wildman–Crippen LogP) is 0.539. The van der Waals surface area contributed by atoms with Crippen LogP contribution < -0.4 is 16.6 Å². The molecule has 0 atom stereocenters. The summed E-state index contributed by atoms with van der Waals surface area (Å²) in [6.45, 7) is 4.25. The highest BCUT2D eigenvalue weighted by Crippen LogP contribution is 2.15. The van der Waals surface area contributed by atoms with Crippen molar-refractivity contribution in [1.82, 2.24) is 25.3 Å². The molecule has 0 spiro atoms. The van der Waals surface area contributed by atoms with Gasteiger partial charge in [0.15, 0.2) is 5.69 Å². The number of aromatic nitrogens is 4. The van der Waals surface area contributed by atoms with E-state index in [1.807, 2.05) is 13.8 Å². The molecule has 0 saturated carbocycles. The second-order valence-electron chi connectivity index (χ2n) is 4.55. The van der Waals surface area contributed by atoms with Crippen molar-refractivity contribution in [3.8, 4) is 0 Å². The summed E-state index contributed by atoms with van der Waals surface area (Å²) in [5.41, 5.74) is 3.85. The first kappa shape index (κ1) is 13.9. The van der Waals surface area contributed by atoms with Gasteiger partial charge in [0.25, 0.3) is 5.91 Å². The highest BCUT2D eigenvalue weighted by molar-refractivity contribution is 5.97. The van der Waals surface area contributed by atoms with Gasteiger partial charge in [0.1, 0.15) is 5.82 Å². The van der Waals surface area contributed by atoms with Crippen LogP contribution in [0.15, 0.2) is 18.7 Å². The number of nitrogen functional groups attached to an aromatic ring is 1. The standard InChI is InChI=1S/C12H17N7O/c1-7(2)11-15-5-9(19-13)10(18-11)12(20)16-4-8-3-14-6-17-8/h3,5-7,19H,4,13H2,1-2H3,(H,14,17)(H,16,20). The molecule has 20 heavy (non-hydrogen) atoms. The van der Waals surface area contributed by atoms with E-state index >= 15 is 0 Å². The molecule has 0 aliphatic heterocycles. The molecule has 0 unspecified atom stereocenters. The number of nitrogens with one attached hydrogen (secondary N) is 3. The average Bonchev–Trinajstić information content (AvgIpc) is 2.97. The molecule has 1 amide bonds. The number of hydrazine groups is 1. The SMILES string of the molecule is CC(C)c1ncc(NN)c(C(=O)NCc2cnc[nH]2)n1. The molecule has 0 radical (unpaired) electrons. The van der Waals surface area contributed by atoms with Gasteiger partial charge < -0.3 is 15.7 Å². The molecule has 5 N–H and O–H groups in total. The number of imidazole rings is 1. The van der Waals surface area contributed by atoms with Gasteiger partial charge in [-0.25, -0.2) is 15.0 Å².